The molecule has 1 fully saturated rings. The van der Waals surface area contributed by atoms with Crippen LogP contribution in [0.2, 0.25) is 0 Å². The Hall–Kier alpha value is -1.02. The SMILES string of the molecule is C=C[C@@]1(C)CC[C@@H](/C(C)=C2/C=CC(C)(C)O2)O1. The molecule has 1 saturated heterocycles. The second-order valence-electron chi connectivity index (χ2n) is 5.75. The molecule has 0 bridgehead atoms. The zero-order valence-corrected chi connectivity index (χ0v) is 11.2. The van der Waals surface area contributed by atoms with Crippen LogP contribution in [0.4, 0.5) is 0 Å². The molecule has 0 aromatic rings. The van der Waals surface area contributed by atoms with Gasteiger partial charge >= 0.3 is 0 Å². The molecule has 0 amide bonds. The normalized spacial score (nSPS) is 38.0. The fourth-order valence-electron chi connectivity index (χ4n) is 2.31. The smallest absolute Gasteiger partial charge is 0.122 e. The first-order valence-electron chi connectivity index (χ1n) is 6.26. The molecule has 17 heavy (non-hydrogen) atoms. The highest BCUT2D eigenvalue weighted by atomic mass is 16.5. The number of hydrogen-bond donors (Lipinski definition) is 0. The summed E-state index contributed by atoms with van der Waals surface area (Å²) in [6.45, 7) is 12.2. The highest BCUT2D eigenvalue weighted by Crippen LogP contribution is 2.37. The molecule has 2 aliphatic heterocycles. The molecule has 0 spiro atoms. The lowest BCUT2D eigenvalue weighted by molar-refractivity contribution is 0.0176. The molecule has 2 heteroatoms. The summed E-state index contributed by atoms with van der Waals surface area (Å²) in [4.78, 5) is 0. The van der Waals surface area contributed by atoms with Gasteiger partial charge in [-0.05, 0) is 58.3 Å². The number of rotatable bonds is 2. The first kappa shape index (κ1) is 12.4. The molecule has 2 aliphatic rings. The summed E-state index contributed by atoms with van der Waals surface area (Å²) in [7, 11) is 0. The summed E-state index contributed by atoms with van der Waals surface area (Å²) in [6, 6.07) is 0. The van der Waals surface area contributed by atoms with E-state index >= 15 is 0 Å². The van der Waals surface area contributed by atoms with E-state index in [0.717, 1.165) is 18.6 Å². The lowest BCUT2D eigenvalue weighted by atomic mass is 10.0. The highest BCUT2D eigenvalue weighted by Gasteiger charge is 2.36. The van der Waals surface area contributed by atoms with Crippen LogP contribution in [-0.2, 0) is 9.47 Å². The Morgan fingerprint density at radius 3 is 2.65 bits per heavy atom. The van der Waals surface area contributed by atoms with Gasteiger partial charge in [-0.3, -0.25) is 0 Å². The third-order valence-corrected chi connectivity index (χ3v) is 3.63. The minimum Gasteiger partial charge on any atom is -0.484 e. The predicted octanol–water partition coefficient (Wildman–Crippen LogP) is 3.75. The zero-order valence-electron chi connectivity index (χ0n) is 11.2. The molecule has 2 atom stereocenters. The molecule has 2 nitrogen and oxygen atoms in total. The maximum Gasteiger partial charge on any atom is 0.122 e. The van der Waals surface area contributed by atoms with Crippen molar-refractivity contribution in [2.24, 2.45) is 0 Å². The van der Waals surface area contributed by atoms with E-state index in [4.69, 9.17) is 9.47 Å². The largest absolute Gasteiger partial charge is 0.484 e. The Labute approximate surface area is 104 Å². The summed E-state index contributed by atoms with van der Waals surface area (Å²) in [5.74, 6) is 0.966. The van der Waals surface area contributed by atoms with Crippen molar-refractivity contribution in [2.75, 3.05) is 0 Å². The molecule has 0 N–H and O–H groups in total. The molecule has 0 aromatic heterocycles. The number of hydrogen-bond acceptors (Lipinski definition) is 2. The molecule has 0 unspecified atom stereocenters. The first-order valence-corrected chi connectivity index (χ1v) is 6.26. The van der Waals surface area contributed by atoms with E-state index in [-0.39, 0.29) is 17.3 Å². The van der Waals surface area contributed by atoms with Crippen molar-refractivity contribution in [2.45, 2.75) is 57.8 Å². The minimum atomic E-state index is -0.184. The molecule has 2 heterocycles. The van der Waals surface area contributed by atoms with Crippen LogP contribution in [0.5, 0.6) is 0 Å². The van der Waals surface area contributed by atoms with Crippen LogP contribution < -0.4 is 0 Å². The quantitative estimate of drug-likeness (QED) is 0.677. The molecule has 0 saturated carbocycles. The summed E-state index contributed by atoms with van der Waals surface area (Å²) in [6.07, 6.45) is 8.27. The van der Waals surface area contributed by atoms with E-state index in [2.05, 4.69) is 46.4 Å². The van der Waals surface area contributed by atoms with E-state index < -0.39 is 0 Å². The maximum atomic E-state index is 6.05. The number of allylic oxidation sites excluding steroid dienone is 1. The van der Waals surface area contributed by atoms with Gasteiger partial charge in [0.2, 0.25) is 0 Å². The van der Waals surface area contributed by atoms with Crippen molar-refractivity contribution < 1.29 is 9.47 Å². The Kier molecular flexibility index (Phi) is 2.94. The molecule has 94 valence electrons. The summed E-state index contributed by atoms with van der Waals surface area (Å²) in [5.41, 5.74) is 0.832. The molecular weight excluding hydrogens is 212 g/mol. The van der Waals surface area contributed by atoms with Crippen molar-refractivity contribution >= 4 is 0 Å². The second kappa shape index (κ2) is 4.02. The predicted molar refractivity (Wildman–Crippen MR) is 69.7 cm³/mol. The van der Waals surface area contributed by atoms with Crippen LogP contribution in [0.25, 0.3) is 0 Å². The van der Waals surface area contributed by atoms with Crippen molar-refractivity contribution in [3.8, 4) is 0 Å². The Bertz CT molecular complexity index is 390. The fourth-order valence-corrected chi connectivity index (χ4v) is 2.31. The topological polar surface area (TPSA) is 18.5 Å². The summed E-state index contributed by atoms with van der Waals surface area (Å²) < 4.78 is 11.9. The van der Waals surface area contributed by atoms with Crippen LogP contribution in [0.1, 0.15) is 40.5 Å². The molecule has 2 rings (SSSR count). The van der Waals surface area contributed by atoms with E-state index in [1.54, 1.807) is 0 Å². The zero-order chi connectivity index (χ0) is 12.7. The Morgan fingerprint density at radius 1 is 1.47 bits per heavy atom. The van der Waals surface area contributed by atoms with Crippen molar-refractivity contribution in [3.63, 3.8) is 0 Å². The van der Waals surface area contributed by atoms with Gasteiger partial charge in [0.15, 0.2) is 0 Å². The van der Waals surface area contributed by atoms with Crippen LogP contribution in [0, 0.1) is 0 Å². The van der Waals surface area contributed by atoms with Gasteiger partial charge in [0.25, 0.3) is 0 Å². The van der Waals surface area contributed by atoms with Gasteiger partial charge in [-0.15, -0.1) is 6.58 Å². The van der Waals surface area contributed by atoms with Crippen LogP contribution in [0.3, 0.4) is 0 Å². The molecule has 0 radical (unpaired) electrons. The van der Waals surface area contributed by atoms with E-state index in [0.29, 0.717) is 0 Å². The Morgan fingerprint density at radius 2 is 2.18 bits per heavy atom. The van der Waals surface area contributed by atoms with Gasteiger partial charge in [-0.2, -0.15) is 0 Å². The summed E-state index contributed by atoms with van der Waals surface area (Å²) in [5, 5.41) is 0. The average Bonchev–Trinajstić information content (AvgIpc) is 2.82. The fraction of sp³-hybridized carbons (Fsp3) is 0.600. The van der Waals surface area contributed by atoms with Gasteiger partial charge in [-0.25, -0.2) is 0 Å². The standard InChI is InChI=1S/C15H22O2/c1-6-15(5)10-8-13(17-15)11(2)12-7-9-14(3,4)16-12/h6-7,9,13H,1,8,10H2,2-5H3/b12-11-/t13-,15-/m0/s1. The third kappa shape index (κ3) is 2.47. The van der Waals surface area contributed by atoms with Crippen molar-refractivity contribution in [1.82, 2.24) is 0 Å². The average molecular weight is 234 g/mol. The maximum absolute atomic E-state index is 6.05. The van der Waals surface area contributed by atoms with Gasteiger partial charge in [0.05, 0.1) is 11.7 Å². The molecule has 0 aliphatic carbocycles. The van der Waals surface area contributed by atoms with Crippen molar-refractivity contribution in [1.29, 1.82) is 0 Å². The number of ether oxygens (including phenoxy) is 2. The van der Waals surface area contributed by atoms with E-state index in [9.17, 15) is 0 Å². The van der Waals surface area contributed by atoms with Crippen LogP contribution in [0.15, 0.2) is 36.1 Å². The van der Waals surface area contributed by atoms with Gasteiger partial charge in [0, 0.05) is 0 Å². The minimum absolute atomic E-state index is 0.159. The van der Waals surface area contributed by atoms with Gasteiger partial charge < -0.3 is 9.47 Å². The van der Waals surface area contributed by atoms with E-state index in [1.165, 1.54) is 5.57 Å². The monoisotopic (exact) mass is 234 g/mol. The van der Waals surface area contributed by atoms with Crippen molar-refractivity contribution in [3.05, 3.63) is 36.1 Å². The molecule has 0 aromatic carbocycles. The van der Waals surface area contributed by atoms with Gasteiger partial charge in [-0.1, -0.05) is 6.08 Å². The first-order chi connectivity index (χ1) is 7.85. The second-order valence-corrected chi connectivity index (χ2v) is 5.75. The van der Waals surface area contributed by atoms with Gasteiger partial charge in [0.1, 0.15) is 11.4 Å². The van der Waals surface area contributed by atoms with E-state index in [1.807, 2.05) is 6.08 Å². The van der Waals surface area contributed by atoms with Crippen LogP contribution >= 0.6 is 0 Å². The third-order valence-electron chi connectivity index (χ3n) is 3.63. The lowest BCUT2D eigenvalue weighted by Crippen LogP contribution is -2.23. The lowest BCUT2D eigenvalue weighted by Gasteiger charge is -2.23. The Balaban J connectivity index is 2.13. The van der Waals surface area contributed by atoms with Crippen LogP contribution in [-0.4, -0.2) is 17.3 Å². The highest BCUT2D eigenvalue weighted by molar-refractivity contribution is 5.30. The summed E-state index contributed by atoms with van der Waals surface area (Å²) >= 11 is 0. The molecular formula is C15H22O2.